The van der Waals surface area contributed by atoms with Crippen LogP contribution in [0.4, 0.5) is 11.4 Å². The lowest BCUT2D eigenvalue weighted by molar-refractivity contribution is 0.0697. The molecule has 1 aliphatic heterocycles. The van der Waals surface area contributed by atoms with Crippen molar-refractivity contribution >= 4 is 35.1 Å². The van der Waals surface area contributed by atoms with Crippen LogP contribution in [-0.2, 0) is 0 Å². The van der Waals surface area contributed by atoms with Gasteiger partial charge >= 0.3 is 5.97 Å². The molecule has 0 atom stereocenters. The van der Waals surface area contributed by atoms with Gasteiger partial charge in [0.2, 0.25) is 0 Å². The molecule has 1 aliphatic rings. The van der Waals surface area contributed by atoms with E-state index in [2.05, 4.69) is 5.32 Å². The zero-order chi connectivity index (χ0) is 23.0. The minimum absolute atomic E-state index is 0.0450. The molecule has 0 bridgehead atoms. The number of methoxy groups -OCH3 is 1. The van der Waals surface area contributed by atoms with Crippen LogP contribution < -0.4 is 15.0 Å². The average Bonchev–Trinajstić information content (AvgIpc) is 3.04. The fourth-order valence-electron chi connectivity index (χ4n) is 3.49. The first-order valence-electron chi connectivity index (χ1n) is 9.62. The van der Waals surface area contributed by atoms with Crippen molar-refractivity contribution in [1.29, 1.82) is 0 Å². The molecular formula is C24H18N2O6. The second-order valence-electron chi connectivity index (χ2n) is 7.21. The van der Waals surface area contributed by atoms with Gasteiger partial charge in [-0.05, 0) is 61.5 Å². The number of fused-ring (bicyclic) bond motifs is 1. The Morgan fingerprint density at radius 1 is 0.906 bits per heavy atom. The number of nitrogens with one attached hydrogen (secondary N) is 1. The summed E-state index contributed by atoms with van der Waals surface area (Å²) in [6.07, 6.45) is 0. The second-order valence-corrected chi connectivity index (χ2v) is 7.21. The van der Waals surface area contributed by atoms with Crippen molar-refractivity contribution in [3.05, 3.63) is 88.5 Å². The Labute approximate surface area is 183 Å². The normalized spacial score (nSPS) is 12.5. The van der Waals surface area contributed by atoms with E-state index in [0.29, 0.717) is 11.4 Å². The minimum Gasteiger partial charge on any atom is -0.497 e. The molecule has 0 spiro atoms. The molecule has 0 unspecified atom stereocenters. The molecule has 3 aromatic carbocycles. The lowest BCUT2D eigenvalue weighted by Gasteiger charge is -2.14. The summed E-state index contributed by atoms with van der Waals surface area (Å²) < 4.78 is 5.10. The van der Waals surface area contributed by atoms with Gasteiger partial charge in [-0.2, -0.15) is 0 Å². The molecule has 8 heteroatoms. The molecule has 3 amide bonds. The molecule has 0 aromatic heterocycles. The number of anilines is 2. The Balaban J connectivity index is 1.62. The minimum atomic E-state index is -1.17. The maximum absolute atomic E-state index is 12.9. The molecule has 0 saturated carbocycles. The van der Waals surface area contributed by atoms with Gasteiger partial charge in [0.25, 0.3) is 17.7 Å². The molecular weight excluding hydrogens is 412 g/mol. The number of aromatic carboxylic acids is 1. The maximum Gasteiger partial charge on any atom is 0.337 e. The molecule has 0 fully saturated rings. The number of carboxylic acids is 1. The monoisotopic (exact) mass is 430 g/mol. The van der Waals surface area contributed by atoms with E-state index in [9.17, 15) is 24.3 Å². The Bertz CT molecular complexity index is 1280. The number of ether oxygens (including phenoxy) is 1. The highest BCUT2D eigenvalue weighted by Gasteiger charge is 2.37. The van der Waals surface area contributed by atoms with Crippen LogP contribution in [-0.4, -0.2) is 35.9 Å². The number of carbonyl (C=O) groups excluding carboxylic acids is 3. The van der Waals surface area contributed by atoms with Crippen LogP contribution in [0.3, 0.4) is 0 Å². The Hall–Kier alpha value is -4.46. The summed E-state index contributed by atoms with van der Waals surface area (Å²) in [6, 6.07) is 15.3. The van der Waals surface area contributed by atoms with Gasteiger partial charge in [0, 0.05) is 5.56 Å². The van der Waals surface area contributed by atoms with E-state index < -0.39 is 23.7 Å². The van der Waals surface area contributed by atoms with Crippen molar-refractivity contribution in [3.63, 3.8) is 0 Å². The van der Waals surface area contributed by atoms with Crippen LogP contribution in [0.15, 0.2) is 60.7 Å². The highest BCUT2D eigenvalue weighted by atomic mass is 16.5. The molecule has 1 heterocycles. The van der Waals surface area contributed by atoms with Crippen LogP contribution in [0.25, 0.3) is 0 Å². The van der Waals surface area contributed by atoms with Crippen molar-refractivity contribution in [2.75, 3.05) is 17.3 Å². The van der Waals surface area contributed by atoms with E-state index in [1.807, 2.05) is 0 Å². The van der Waals surface area contributed by atoms with E-state index in [1.165, 1.54) is 37.4 Å². The van der Waals surface area contributed by atoms with E-state index in [0.717, 1.165) is 10.5 Å². The molecule has 0 saturated heterocycles. The number of rotatable bonds is 5. The summed E-state index contributed by atoms with van der Waals surface area (Å²) in [6.45, 7) is 1.75. The SMILES string of the molecule is COc1ccc(N2C(=O)c3ccc(C(=O)Nc4ccc(C)cc4C(=O)O)cc3C2=O)cc1. The van der Waals surface area contributed by atoms with Crippen LogP contribution >= 0.6 is 0 Å². The van der Waals surface area contributed by atoms with Crippen molar-refractivity contribution < 1.29 is 29.0 Å². The maximum atomic E-state index is 12.9. The first kappa shape index (κ1) is 20.8. The molecule has 160 valence electrons. The summed E-state index contributed by atoms with van der Waals surface area (Å²) in [5.41, 5.74) is 1.62. The van der Waals surface area contributed by atoms with Crippen molar-refractivity contribution in [2.24, 2.45) is 0 Å². The molecule has 3 aromatic rings. The van der Waals surface area contributed by atoms with Gasteiger partial charge in [-0.3, -0.25) is 14.4 Å². The van der Waals surface area contributed by atoms with Crippen molar-refractivity contribution in [2.45, 2.75) is 6.92 Å². The predicted molar refractivity (Wildman–Crippen MR) is 117 cm³/mol. The number of hydrogen-bond donors (Lipinski definition) is 2. The number of carbonyl (C=O) groups is 4. The number of benzene rings is 3. The van der Waals surface area contributed by atoms with E-state index in [1.54, 1.807) is 37.3 Å². The topological polar surface area (TPSA) is 113 Å². The zero-order valence-corrected chi connectivity index (χ0v) is 17.2. The number of imide groups is 1. The highest BCUT2D eigenvalue weighted by molar-refractivity contribution is 6.34. The third-order valence-electron chi connectivity index (χ3n) is 5.13. The Morgan fingerprint density at radius 3 is 2.25 bits per heavy atom. The predicted octanol–water partition coefficient (Wildman–Crippen LogP) is 3.75. The van der Waals surface area contributed by atoms with Gasteiger partial charge in [0.15, 0.2) is 0 Å². The zero-order valence-electron chi connectivity index (χ0n) is 17.2. The fraction of sp³-hybridized carbons (Fsp3) is 0.0833. The van der Waals surface area contributed by atoms with Gasteiger partial charge in [0.1, 0.15) is 5.75 Å². The summed E-state index contributed by atoms with van der Waals surface area (Å²) >= 11 is 0. The second kappa shape index (κ2) is 7.99. The quantitative estimate of drug-likeness (QED) is 0.596. The van der Waals surface area contributed by atoms with Crippen molar-refractivity contribution in [3.8, 4) is 5.75 Å². The third-order valence-corrected chi connectivity index (χ3v) is 5.13. The van der Waals surface area contributed by atoms with Gasteiger partial charge in [0.05, 0.1) is 35.2 Å². The van der Waals surface area contributed by atoms with Crippen molar-refractivity contribution in [1.82, 2.24) is 0 Å². The van der Waals surface area contributed by atoms with Gasteiger partial charge in [-0.1, -0.05) is 11.6 Å². The Kier molecular flexibility index (Phi) is 5.19. The largest absolute Gasteiger partial charge is 0.497 e. The van der Waals surface area contributed by atoms with Crippen LogP contribution in [0.5, 0.6) is 5.75 Å². The first-order chi connectivity index (χ1) is 15.3. The number of carboxylic acid groups (broad SMARTS) is 1. The van der Waals surface area contributed by atoms with Gasteiger partial charge in [-0.25, -0.2) is 9.69 Å². The molecule has 0 aliphatic carbocycles. The number of hydrogen-bond acceptors (Lipinski definition) is 5. The lowest BCUT2D eigenvalue weighted by atomic mass is 10.0. The summed E-state index contributed by atoms with van der Waals surface area (Å²) in [4.78, 5) is 51.0. The Morgan fingerprint density at radius 2 is 1.59 bits per heavy atom. The van der Waals surface area contributed by atoms with E-state index in [-0.39, 0.29) is 27.9 Å². The molecule has 32 heavy (non-hydrogen) atoms. The molecule has 4 rings (SSSR count). The summed E-state index contributed by atoms with van der Waals surface area (Å²) in [5, 5.41) is 12.0. The van der Waals surface area contributed by atoms with Gasteiger partial charge in [-0.15, -0.1) is 0 Å². The van der Waals surface area contributed by atoms with E-state index >= 15 is 0 Å². The smallest absolute Gasteiger partial charge is 0.337 e. The molecule has 2 N–H and O–H groups in total. The van der Waals surface area contributed by atoms with Gasteiger partial charge < -0.3 is 15.2 Å². The first-order valence-corrected chi connectivity index (χ1v) is 9.62. The van der Waals surface area contributed by atoms with Crippen LogP contribution in [0.1, 0.15) is 47.0 Å². The number of amides is 3. The van der Waals surface area contributed by atoms with Crippen LogP contribution in [0, 0.1) is 6.92 Å². The third kappa shape index (κ3) is 3.58. The molecule has 0 radical (unpaired) electrons. The standard InChI is InChI=1S/C24H18N2O6/c1-13-3-10-20(19(11-13)24(30)31)25-21(27)14-4-9-17-18(12-14)23(29)26(22(17)28)15-5-7-16(32-2)8-6-15/h3-12H,1-2H3,(H,25,27)(H,30,31). The average molecular weight is 430 g/mol. The molecule has 8 nitrogen and oxygen atoms in total. The fourth-order valence-corrected chi connectivity index (χ4v) is 3.49. The number of nitrogens with zero attached hydrogens (tertiary/aromatic N) is 1. The number of aryl methyl sites for hydroxylation is 1. The van der Waals surface area contributed by atoms with E-state index in [4.69, 9.17) is 4.74 Å². The summed E-state index contributed by atoms with van der Waals surface area (Å²) in [7, 11) is 1.51. The summed E-state index contributed by atoms with van der Waals surface area (Å²) in [5.74, 6) is -2.22. The lowest BCUT2D eigenvalue weighted by Crippen LogP contribution is -2.29. The highest BCUT2D eigenvalue weighted by Crippen LogP contribution is 2.30. The van der Waals surface area contributed by atoms with Crippen LogP contribution in [0.2, 0.25) is 0 Å².